The number of carbonyl (C=O) groups is 1. The average Bonchev–Trinajstić information content (AvgIpc) is 3.67. The Balaban J connectivity index is 1.26. The topological polar surface area (TPSA) is 71.7 Å². The largest absolute Gasteiger partial charge is 0.506 e. The number of allylic oxidation sites excluding steroid dienone is 5. The molecule has 8 atom stereocenters. The number of aliphatic carboxylic acids is 1. The van der Waals surface area contributed by atoms with Crippen LogP contribution in [-0.2, 0) is 27.9 Å². The van der Waals surface area contributed by atoms with E-state index in [2.05, 4.69) is 86.5 Å². The Bertz CT molecular complexity index is 2070. The summed E-state index contributed by atoms with van der Waals surface area (Å²) in [6.45, 7) is 32.8. The highest BCUT2D eigenvalue weighted by molar-refractivity contribution is 5.73. The minimum absolute atomic E-state index is 0.0243. The predicted molar refractivity (Wildman–Crippen MR) is 242 cm³/mol. The van der Waals surface area contributed by atoms with Gasteiger partial charge in [-0.15, -0.1) is 0 Å². The number of benzene rings is 1. The summed E-state index contributed by atoms with van der Waals surface area (Å²) in [5.74, 6) is 2.02. The van der Waals surface area contributed by atoms with Crippen LogP contribution in [0.1, 0.15) is 176 Å². The van der Waals surface area contributed by atoms with E-state index in [1.807, 2.05) is 12.1 Å². The Morgan fingerprint density at radius 3 is 2.30 bits per heavy atom. The van der Waals surface area contributed by atoms with E-state index in [-0.39, 0.29) is 39.0 Å². The summed E-state index contributed by atoms with van der Waals surface area (Å²) in [5, 5.41) is 22.0. The fourth-order valence-corrected chi connectivity index (χ4v) is 15.0. The third-order valence-electron chi connectivity index (χ3n) is 18.6. The normalized spacial score (nSPS) is 33.9. The van der Waals surface area contributed by atoms with E-state index >= 15 is 0 Å². The lowest BCUT2D eigenvalue weighted by molar-refractivity contribution is -0.229. The first-order valence-corrected chi connectivity index (χ1v) is 23.6. The summed E-state index contributed by atoms with van der Waals surface area (Å²) in [7, 11) is 0. The Hall–Kier alpha value is -3.28. The van der Waals surface area contributed by atoms with Crippen molar-refractivity contribution in [1.82, 2.24) is 4.57 Å². The van der Waals surface area contributed by atoms with Crippen LogP contribution in [0.4, 0.5) is 4.39 Å². The number of halogens is 1. The smallest absolute Gasteiger partial charge is 0.309 e. The molecular weight excluding hydrogens is 746 g/mol. The minimum Gasteiger partial charge on any atom is -0.506 e. The average molecular weight is 824 g/mol. The zero-order chi connectivity index (χ0) is 44.0. The van der Waals surface area contributed by atoms with Crippen molar-refractivity contribution in [2.75, 3.05) is 0 Å². The predicted octanol–water partition coefficient (Wildman–Crippen LogP) is 14.0. The van der Waals surface area contributed by atoms with E-state index in [9.17, 15) is 19.4 Å². The fourth-order valence-electron chi connectivity index (χ4n) is 15.0. The molecule has 4 saturated carbocycles. The van der Waals surface area contributed by atoms with Gasteiger partial charge in [0.25, 0.3) is 0 Å². The molecule has 0 bridgehead atoms. The molecule has 0 radical (unpaired) electrons. The number of rotatable bonds is 12. The molecule has 60 heavy (non-hydrogen) atoms. The van der Waals surface area contributed by atoms with E-state index in [0.717, 1.165) is 61.9 Å². The molecule has 0 amide bonds. The third kappa shape index (κ3) is 6.86. The maximum atomic E-state index is 14.1. The van der Waals surface area contributed by atoms with Gasteiger partial charge in [0.05, 0.1) is 16.9 Å². The monoisotopic (exact) mass is 824 g/mol. The first kappa shape index (κ1) is 44.8. The first-order valence-electron chi connectivity index (χ1n) is 23.6. The Kier molecular flexibility index (Phi) is 11.6. The molecule has 0 aliphatic heterocycles. The van der Waals surface area contributed by atoms with Crippen LogP contribution < -0.4 is 0 Å². The lowest BCUT2D eigenvalue weighted by Gasteiger charge is -2.72. The van der Waals surface area contributed by atoms with Crippen molar-refractivity contribution >= 4 is 5.97 Å². The highest BCUT2D eigenvalue weighted by Gasteiger charge is 2.70. The number of carboxylic acids is 1. The Morgan fingerprint density at radius 1 is 0.983 bits per heavy atom. The van der Waals surface area contributed by atoms with Crippen molar-refractivity contribution < 1.29 is 24.1 Å². The molecule has 5 aliphatic rings. The maximum Gasteiger partial charge on any atom is 0.309 e. The number of hydrogen-bond acceptors (Lipinski definition) is 3. The molecule has 7 rings (SSSR count). The number of aromatic hydroxyl groups is 1. The summed E-state index contributed by atoms with van der Waals surface area (Å²) < 4.78 is 23.2. The highest BCUT2D eigenvalue weighted by Crippen LogP contribution is 2.77. The van der Waals surface area contributed by atoms with Crippen LogP contribution in [-0.4, -0.2) is 26.9 Å². The van der Waals surface area contributed by atoms with Gasteiger partial charge in [-0.25, -0.2) is 4.39 Å². The van der Waals surface area contributed by atoms with Gasteiger partial charge < -0.3 is 19.5 Å². The zero-order valence-corrected chi connectivity index (χ0v) is 39.4. The van der Waals surface area contributed by atoms with Gasteiger partial charge >= 0.3 is 5.97 Å². The molecule has 1 heterocycles. The molecule has 1 aromatic carbocycles. The molecular formula is C54H78FNO4. The lowest BCUT2D eigenvalue weighted by atomic mass is 9.33. The minimum atomic E-state index is -0.910. The van der Waals surface area contributed by atoms with E-state index in [4.69, 9.17) is 4.74 Å². The van der Waals surface area contributed by atoms with Crippen LogP contribution in [0.25, 0.3) is 0 Å². The molecule has 5 nitrogen and oxygen atoms in total. The lowest BCUT2D eigenvalue weighted by Crippen LogP contribution is -2.66. The van der Waals surface area contributed by atoms with Crippen LogP contribution in [0.3, 0.4) is 0 Å². The van der Waals surface area contributed by atoms with Gasteiger partial charge in [0, 0.05) is 41.5 Å². The molecule has 1 aromatic heterocycles. The molecule has 6 heteroatoms. The molecule has 0 saturated heterocycles. The van der Waals surface area contributed by atoms with Gasteiger partial charge in [0.15, 0.2) is 0 Å². The van der Waals surface area contributed by atoms with Crippen LogP contribution in [0.2, 0.25) is 0 Å². The Morgan fingerprint density at radius 2 is 1.67 bits per heavy atom. The molecule has 2 aromatic rings. The van der Waals surface area contributed by atoms with E-state index in [0.29, 0.717) is 48.0 Å². The van der Waals surface area contributed by atoms with Crippen molar-refractivity contribution in [1.29, 1.82) is 0 Å². The summed E-state index contributed by atoms with van der Waals surface area (Å²) in [6.07, 6.45) is 15.7. The molecule has 8 unspecified atom stereocenters. The van der Waals surface area contributed by atoms with Crippen LogP contribution in [0.5, 0.6) is 5.75 Å². The number of carboxylic acid groups (broad SMARTS) is 1. The molecule has 0 spiro atoms. The maximum absolute atomic E-state index is 14.1. The highest BCUT2D eigenvalue weighted by atomic mass is 19.1. The second-order valence-corrected chi connectivity index (χ2v) is 22.7. The van der Waals surface area contributed by atoms with Gasteiger partial charge in [0.2, 0.25) is 0 Å². The second kappa shape index (κ2) is 15.5. The van der Waals surface area contributed by atoms with Gasteiger partial charge in [-0.2, -0.15) is 0 Å². The van der Waals surface area contributed by atoms with Crippen molar-refractivity contribution in [2.24, 2.45) is 50.7 Å². The number of aromatic nitrogens is 1. The molecule has 330 valence electrons. The van der Waals surface area contributed by atoms with E-state index in [1.165, 1.54) is 55.5 Å². The quantitative estimate of drug-likeness (QED) is 0.165. The zero-order valence-electron chi connectivity index (χ0n) is 39.4. The van der Waals surface area contributed by atoms with E-state index < -0.39 is 11.4 Å². The standard InChI is InChI=1S/C54H78FNO4/c1-14-34(4)24-30-56-41(31-37-15-17-38(55)18-16-37)46(57)36(6)47(56)54-27-21-39(33(2)3)45(54)40-19-20-43-51(11)25-23-44(60-35(5)32-49(7,8)48(58)59)50(9,10)42(51)22-26-53(43,13)52(40,12)28-29-54/h15-18,24,33,40,42-44,57H,5,14,19-23,25-32H2,1-4,6-13H3,(H,58,59). The van der Waals surface area contributed by atoms with Gasteiger partial charge in [-0.3, -0.25) is 4.79 Å². The molecule has 2 N–H and O–H groups in total. The van der Waals surface area contributed by atoms with Crippen molar-refractivity contribution in [3.05, 3.63) is 87.7 Å². The number of hydrogen-bond donors (Lipinski definition) is 2. The first-order chi connectivity index (χ1) is 28.0. The molecule has 5 aliphatic carbocycles. The van der Waals surface area contributed by atoms with Crippen molar-refractivity contribution in [3.8, 4) is 5.75 Å². The second-order valence-electron chi connectivity index (χ2n) is 22.7. The number of ether oxygens (including phenoxy) is 1. The molecule has 4 fully saturated rings. The van der Waals surface area contributed by atoms with Crippen molar-refractivity contribution in [2.45, 2.75) is 185 Å². The number of nitrogens with zero attached hydrogens (tertiary/aromatic N) is 1. The number of fused-ring (bicyclic) bond motifs is 7. The summed E-state index contributed by atoms with van der Waals surface area (Å²) in [4.78, 5) is 11.9. The Labute approximate surface area is 362 Å². The van der Waals surface area contributed by atoms with Gasteiger partial charge in [-0.1, -0.05) is 96.9 Å². The SMILES string of the molecule is C=C(CC(C)(C)C(=O)O)OC1CCC2(C)C(CCC3(C)C2CCC2C4=C(C(C)C)CCC4(c4c(C)c(O)c(Cc5ccc(F)cc5)n4CC=C(C)CC)CCC23C)C1(C)C. The van der Waals surface area contributed by atoms with Gasteiger partial charge in [0.1, 0.15) is 17.7 Å². The summed E-state index contributed by atoms with van der Waals surface area (Å²) >= 11 is 0. The van der Waals surface area contributed by atoms with Gasteiger partial charge in [-0.05, 0) is 156 Å². The van der Waals surface area contributed by atoms with E-state index in [1.54, 1.807) is 25.0 Å². The fraction of sp³-hybridized carbons (Fsp3) is 0.685. The van der Waals surface area contributed by atoms with Crippen LogP contribution in [0.15, 0.2) is 59.4 Å². The van der Waals surface area contributed by atoms with Crippen LogP contribution in [0, 0.1) is 63.5 Å². The summed E-state index contributed by atoms with van der Waals surface area (Å²) in [6, 6.07) is 6.81. The summed E-state index contributed by atoms with van der Waals surface area (Å²) in [5.41, 5.74) is 8.48. The third-order valence-corrected chi connectivity index (χ3v) is 18.6. The van der Waals surface area contributed by atoms with Crippen LogP contribution >= 0.6 is 0 Å². The van der Waals surface area contributed by atoms with Crippen molar-refractivity contribution in [3.63, 3.8) is 0 Å².